The minimum absolute atomic E-state index is 0.0428. The van der Waals surface area contributed by atoms with Crippen LogP contribution in [0.5, 0.6) is 0 Å². The third-order valence-corrected chi connectivity index (χ3v) is 7.55. The van der Waals surface area contributed by atoms with Crippen LogP contribution in [0.3, 0.4) is 0 Å². The minimum atomic E-state index is -2.93. The highest BCUT2D eigenvalue weighted by Gasteiger charge is 2.31. The van der Waals surface area contributed by atoms with Gasteiger partial charge >= 0.3 is 0 Å². The smallest absolute Gasteiger partial charge is 0.152 e. The summed E-state index contributed by atoms with van der Waals surface area (Å²) in [6, 6.07) is 8.02. The predicted molar refractivity (Wildman–Crippen MR) is 105 cm³/mol. The van der Waals surface area contributed by atoms with Gasteiger partial charge in [0.1, 0.15) is 0 Å². The molecule has 0 N–H and O–H groups in total. The zero-order chi connectivity index (χ0) is 19.1. The van der Waals surface area contributed by atoms with Gasteiger partial charge in [-0.1, -0.05) is 29.8 Å². The Bertz CT molecular complexity index is 908. The van der Waals surface area contributed by atoms with Crippen molar-refractivity contribution in [1.29, 1.82) is 0 Å². The molecule has 1 aliphatic heterocycles. The minimum Gasteiger partial charge on any atom is -0.295 e. The van der Waals surface area contributed by atoms with Crippen LogP contribution in [0, 0.1) is 13.8 Å². The van der Waals surface area contributed by atoms with Gasteiger partial charge in [0.15, 0.2) is 9.84 Å². The van der Waals surface area contributed by atoms with E-state index in [9.17, 15) is 8.42 Å². The molecule has 0 bridgehead atoms. The average molecular weight is 396 g/mol. The molecule has 5 nitrogen and oxygen atoms in total. The van der Waals surface area contributed by atoms with Crippen molar-refractivity contribution in [2.45, 2.75) is 45.8 Å². The summed E-state index contributed by atoms with van der Waals surface area (Å²) in [7, 11) is -0.854. The number of aromatic nitrogens is 2. The number of hydrogen-bond donors (Lipinski definition) is 0. The van der Waals surface area contributed by atoms with Crippen molar-refractivity contribution in [3.8, 4) is 0 Å². The fourth-order valence-corrected chi connectivity index (χ4v) is 5.67. The van der Waals surface area contributed by atoms with Gasteiger partial charge in [0.25, 0.3) is 0 Å². The van der Waals surface area contributed by atoms with E-state index in [2.05, 4.69) is 30.0 Å². The highest BCUT2D eigenvalue weighted by molar-refractivity contribution is 7.91. The molecule has 0 amide bonds. The van der Waals surface area contributed by atoms with E-state index in [1.165, 1.54) is 0 Å². The van der Waals surface area contributed by atoms with Crippen LogP contribution in [-0.2, 0) is 16.4 Å². The van der Waals surface area contributed by atoms with E-state index < -0.39 is 9.84 Å². The molecular formula is C19H26ClN3O2S. The maximum Gasteiger partial charge on any atom is 0.152 e. The number of benzene rings is 1. The Morgan fingerprint density at radius 2 is 2.04 bits per heavy atom. The van der Waals surface area contributed by atoms with Crippen molar-refractivity contribution in [3.05, 3.63) is 51.8 Å². The molecule has 2 atom stereocenters. The Balaban J connectivity index is 1.81. The molecule has 0 radical (unpaired) electrons. The van der Waals surface area contributed by atoms with E-state index in [-0.39, 0.29) is 23.6 Å². The molecule has 2 heterocycles. The first-order chi connectivity index (χ1) is 12.2. The Labute approximate surface area is 160 Å². The Hall–Kier alpha value is -1.37. The molecule has 2 aromatic rings. The zero-order valence-electron chi connectivity index (χ0n) is 15.7. The first-order valence-electron chi connectivity index (χ1n) is 8.89. The van der Waals surface area contributed by atoms with Crippen LogP contribution in [0.1, 0.15) is 47.9 Å². The van der Waals surface area contributed by atoms with E-state index in [0.717, 1.165) is 34.1 Å². The second kappa shape index (κ2) is 7.33. The Morgan fingerprint density at radius 1 is 1.35 bits per heavy atom. The average Bonchev–Trinajstić information content (AvgIpc) is 3.08. The summed E-state index contributed by atoms with van der Waals surface area (Å²) < 4.78 is 25.5. The molecule has 0 spiro atoms. The van der Waals surface area contributed by atoms with Gasteiger partial charge in [0, 0.05) is 28.9 Å². The zero-order valence-corrected chi connectivity index (χ0v) is 17.3. The highest BCUT2D eigenvalue weighted by Crippen LogP contribution is 2.30. The van der Waals surface area contributed by atoms with E-state index in [1.54, 1.807) is 0 Å². The summed E-state index contributed by atoms with van der Waals surface area (Å²) in [5.41, 5.74) is 4.28. The number of halogens is 1. The van der Waals surface area contributed by atoms with Gasteiger partial charge in [-0.2, -0.15) is 5.10 Å². The van der Waals surface area contributed by atoms with Crippen LogP contribution in [-0.4, -0.2) is 41.7 Å². The van der Waals surface area contributed by atoms with Crippen molar-refractivity contribution in [3.63, 3.8) is 0 Å². The molecule has 0 unspecified atom stereocenters. The van der Waals surface area contributed by atoms with Gasteiger partial charge in [-0.15, -0.1) is 0 Å². The molecule has 1 aliphatic rings. The quantitative estimate of drug-likeness (QED) is 0.774. The van der Waals surface area contributed by atoms with Crippen LogP contribution in [0.4, 0.5) is 0 Å². The normalized spacial score (nSPS) is 20.6. The summed E-state index contributed by atoms with van der Waals surface area (Å²) in [5.74, 6) is 0.453. The number of nitrogens with zero attached hydrogens (tertiary/aromatic N) is 3. The van der Waals surface area contributed by atoms with Gasteiger partial charge in [-0.25, -0.2) is 8.42 Å². The molecule has 0 aliphatic carbocycles. The van der Waals surface area contributed by atoms with Crippen LogP contribution in [0.2, 0.25) is 5.02 Å². The summed E-state index contributed by atoms with van der Waals surface area (Å²) in [6.45, 7) is 6.91. The van der Waals surface area contributed by atoms with Crippen molar-refractivity contribution >= 4 is 21.4 Å². The molecule has 0 saturated carbocycles. The van der Waals surface area contributed by atoms with Crippen LogP contribution >= 0.6 is 11.6 Å². The molecule has 26 heavy (non-hydrogen) atoms. The summed E-state index contributed by atoms with van der Waals surface area (Å²) in [6.07, 6.45) is 0.648. The van der Waals surface area contributed by atoms with Gasteiger partial charge in [-0.05, 0) is 45.9 Å². The van der Waals surface area contributed by atoms with Crippen molar-refractivity contribution < 1.29 is 8.42 Å². The second-order valence-electron chi connectivity index (χ2n) is 7.26. The Morgan fingerprint density at radius 3 is 2.65 bits per heavy atom. The molecule has 1 fully saturated rings. The first-order valence-corrected chi connectivity index (χ1v) is 11.1. The van der Waals surface area contributed by atoms with Crippen LogP contribution < -0.4 is 0 Å². The standard InChI is InChI=1S/C19H26ClN3O2S/c1-13-18(11-22(4)14(2)17-7-5-6-8-19(17)20)15(3)23(21-13)16-9-10-26(24,25)12-16/h5-8,14,16H,9-12H2,1-4H3/t14-,16+/m0/s1. The van der Waals surface area contributed by atoms with E-state index >= 15 is 0 Å². The van der Waals surface area contributed by atoms with Gasteiger partial charge < -0.3 is 0 Å². The lowest BCUT2D eigenvalue weighted by molar-refractivity contribution is 0.252. The monoisotopic (exact) mass is 395 g/mol. The first kappa shape index (κ1) is 19.4. The van der Waals surface area contributed by atoms with Crippen LogP contribution in [0.15, 0.2) is 24.3 Å². The van der Waals surface area contributed by atoms with Gasteiger partial charge in [-0.3, -0.25) is 9.58 Å². The van der Waals surface area contributed by atoms with Gasteiger partial charge in [0.2, 0.25) is 0 Å². The van der Waals surface area contributed by atoms with Crippen LogP contribution in [0.25, 0.3) is 0 Å². The van der Waals surface area contributed by atoms with Gasteiger partial charge in [0.05, 0.1) is 23.2 Å². The van der Waals surface area contributed by atoms with Crippen molar-refractivity contribution in [1.82, 2.24) is 14.7 Å². The third kappa shape index (κ3) is 3.82. The van der Waals surface area contributed by atoms with E-state index in [1.807, 2.05) is 36.7 Å². The second-order valence-corrected chi connectivity index (χ2v) is 9.90. The summed E-state index contributed by atoms with van der Waals surface area (Å²) >= 11 is 6.35. The third-order valence-electron chi connectivity index (χ3n) is 5.45. The molecule has 1 aromatic carbocycles. The summed E-state index contributed by atoms with van der Waals surface area (Å²) in [4.78, 5) is 2.24. The highest BCUT2D eigenvalue weighted by atomic mass is 35.5. The van der Waals surface area contributed by atoms with Crippen molar-refractivity contribution in [2.24, 2.45) is 0 Å². The molecule has 1 aromatic heterocycles. The van der Waals surface area contributed by atoms with Crippen molar-refractivity contribution in [2.75, 3.05) is 18.6 Å². The SMILES string of the molecule is Cc1nn([C@@H]2CCS(=O)(=O)C2)c(C)c1CN(C)[C@@H](C)c1ccccc1Cl. The number of aryl methyl sites for hydroxylation is 1. The topological polar surface area (TPSA) is 55.2 Å². The van der Waals surface area contributed by atoms with E-state index in [0.29, 0.717) is 6.42 Å². The fourth-order valence-electron chi connectivity index (χ4n) is 3.69. The van der Waals surface area contributed by atoms with E-state index in [4.69, 9.17) is 11.6 Å². The number of hydrogen-bond acceptors (Lipinski definition) is 4. The number of rotatable bonds is 5. The predicted octanol–water partition coefficient (Wildman–Crippen LogP) is 3.71. The largest absolute Gasteiger partial charge is 0.295 e. The maximum absolute atomic E-state index is 11.8. The molecule has 3 rings (SSSR count). The lowest BCUT2D eigenvalue weighted by atomic mass is 10.1. The fraction of sp³-hybridized carbons (Fsp3) is 0.526. The molecule has 1 saturated heterocycles. The lowest BCUT2D eigenvalue weighted by Gasteiger charge is -2.26. The molecular weight excluding hydrogens is 370 g/mol. The maximum atomic E-state index is 11.8. The molecule has 7 heteroatoms. The Kier molecular flexibility index (Phi) is 5.47. The molecule has 142 valence electrons. The number of sulfone groups is 1. The lowest BCUT2D eigenvalue weighted by Crippen LogP contribution is -2.23. The summed E-state index contributed by atoms with van der Waals surface area (Å²) in [5, 5.41) is 5.43.